The highest BCUT2D eigenvalue weighted by atomic mass is 19.4. The van der Waals surface area contributed by atoms with Crippen LogP contribution in [0.1, 0.15) is 5.56 Å². The lowest BCUT2D eigenvalue weighted by Gasteiger charge is -2.12. The van der Waals surface area contributed by atoms with E-state index in [1.54, 1.807) is 0 Å². The van der Waals surface area contributed by atoms with Crippen LogP contribution in [0.5, 0.6) is 11.5 Å². The molecule has 8 heteroatoms. The van der Waals surface area contributed by atoms with Crippen molar-refractivity contribution in [1.82, 2.24) is 0 Å². The van der Waals surface area contributed by atoms with Gasteiger partial charge in [-0.25, -0.2) is 0 Å². The van der Waals surface area contributed by atoms with Gasteiger partial charge in [0.1, 0.15) is 17.1 Å². The molecule has 0 saturated carbocycles. The van der Waals surface area contributed by atoms with Gasteiger partial charge in [-0.05, 0) is 18.2 Å². The van der Waals surface area contributed by atoms with Crippen LogP contribution < -0.4 is 4.74 Å². The topological polar surface area (TPSA) is 29.5 Å². The maximum atomic E-state index is 12.2. The molecule has 1 aromatic carbocycles. The first-order chi connectivity index (χ1) is 7.09. The number of rotatable bonds is 1. The van der Waals surface area contributed by atoms with Crippen LogP contribution in [0.25, 0.3) is 0 Å². The van der Waals surface area contributed by atoms with E-state index in [1.165, 1.54) is 0 Å². The molecule has 0 spiro atoms. The molecule has 16 heavy (non-hydrogen) atoms. The van der Waals surface area contributed by atoms with E-state index in [9.17, 15) is 26.3 Å². The van der Waals surface area contributed by atoms with Gasteiger partial charge in [-0.15, -0.1) is 13.2 Å². The standard InChI is InChI=1S/C8H4F6O2/c9-7(10,11)5-3-4(1-2-6(5)15)16-8(12,13)14/h1-3,15H. The van der Waals surface area contributed by atoms with E-state index in [0.29, 0.717) is 12.1 Å². The maximum Gasteiger partial charge on any atom is 0.573 e. The number of alkyl halides is 6. The fraction of sp³-hybridized carbons (Fsp3) is 0.250. The summed E-state index contributed by atoms with van der Waals surface area (Å²) in [4.78, 5) is 0. The number of hydrogen-bond acceptors (Lipinski definition) is 2. The van der Waals surface area contributed by atoms with Crippen LogP contribution >= 0.6 is 0 Å². The molecular weight excluding hydrogens is 242 g/mol. The molecule has 1 aromatic rings. The summed E-state index contributed by atoms with van der Waals surface area (Å²) in [7, 11) is 0. The van der Waals surface area contributed by atoms with Gasteiger partial charge >= 0.3 is 12.5 Å². The number of benzene rings is 1. The maximum absolute atomic E-state index is 12.2. The normalized spacial score (nSPS) is 12.6. The largest absolute Gasteiger partial charge is 0.573 e. The van der Waals surface area contributed by atoms with E-state index < -0.39 is 29.6 Å². The van der Waals surface area contributed by atoms with Gasteiger partial charge in [0, 0.05) is 0 Å². The molecule has 0 amide bonds. The van der Waals surface area contributed by atoms with Crippen molar-refractivity contribution >= 4 is 0 Å². The molecule has 0 aliphatic carbocycles. The Hall–Kier alpha value is -1.60. The molecule has 90 valence electrons. The van der Waals surface area contributed by atoms with Crippen LogP contribution in [0, 0.1) is 0 Å². The second-order valence-corrected chi connectivity index (χ2v) is 2.72. The third-order valence-corrected chi connectivity index (χ3v) is 1.51. The lowest BCUT2D eigenvalue weighted by Crippen LogP contribution is -2.17. The van der Waals surface area contributed by atoms with Crippen LogP contribution in [0.3, 0.4) is 0 Å². The minimum atomic E-state index is -5.08. The number of halogens is 6. The zero-order valence-corrected chi connectivity index (χ0v) is 7.36. The lowest BCUT2D eigenvalue weighted by atomic mass is 10.2. The first kappa shape index (κ1) is 12.5. The molecule has 2 nitrogen and oxygen atoms in total. The van der Waals surface area contributed by atoms with Crippen molar-refractivity contribution in [3.05, 3.63) is 23.8 Å². The highest BCUT2D eigenvalue weighted by Gasteiger charge is 2.36. The molecule has 0 bridgehead atoms. The molecule has 0 aliphatic heterocycles. The Bertz CT molecular complexity index is 381. The van der Waals surface area contributed by atoms with E-state index >= 15 is 0 Å². The summed E-state index contributed by atoms with van der Waals surface area (Å²) in [5.41, 5.74) is -1.59. The Balaban J connectivity index is 3.09. The van der Waals surface area contributed by atoms with Crippen LogP contribution in [-0.2, 0) is 6.18 Å². The van der Waals surface area contributed by atoms with E-state index in [0.717, 1.165) is 0 Å². The number of hydrogen-bond donors (Lipinski definition) is 1. The molecule has 0 aromatic heterocycles. The van der Waals surface area contributed by atoms with Crippen LogP contribution in [0.4, 0.5) is 26.3 Å². The third-order valence-electron chi connectivity index (χ3n) is 1.51. The van der Waals surface area contributed by atoms with Gasteiger partial charge in [-0.3, -0.25) is 0 Å². The zero-order valence-electron chi connectivity index (χ0n) is 7.36. The number of phenols is 1. The lowest BCUT2D eigenvalue weighted by molar-refractivity contribution is -0.274. The van der Waals surface area contributed by atoms with Crippen LogP contribution in [-0.4, -0.2) is 11.5 Å². The SMILES string of the molecule is Oc1ccc(OC(F)(F)F)cc1C(F)(F)F. The van der Waals surface area contributed by atoms with Crippen molar-refractivity contribution in [1.29, 1.82) is 0 Å². The van der Waals surface area contributed by atoms with Gasteiger partial charge in [0.15, 0.2) is 0 Å². The quantitative estimate of drug-likeness (QED) is 0.770. The predicted molar refractivity (Wildman–Crippen MR) is 39.8 cm³/mol. The van der Waals surface area contributed by atoms with E-state index in [2.05, 4.69) is 4.74 Å². The molecule has 1 rings (SSSR count). The second-order valence-electron chi connectivity index (χ2n) is 2.72. The molecule has 0 saturated heterocycles. The minimum Gasteiger partial charge on any atom is -0.507 e. The highest BCUT2D eigenvalue weighted by molar-refractivity contribution is 5.41. The molecule has 0 atom stereocenters. The van der Waals surface area contributed by atoms with Crippen molar-refractivity contribution in [2.75, 3.05) is 0 Å². The molecular formula is C8H4F6O2. The van der Waals surface area contributed by atoms with Crippen molar-refractivity contribution in [3.8, 4) is 11.5 Å². The molecule has 0 radical (unpaired) electrons. The molecule has 0 unspecified atom stereocenters. The molecule has 0 fully saturated rings. The predicted octanol–water partition coefficient (Wildman–Crippen LogP) is 3.31. The smallest absolute Gasteiger partial charge is 0.507 e. The van der Waals surface area contributed by atoms with Gasteiger partial charge < -0.3 is 9.84 Å². The average molecular weight is 246 g/mol. The Morgan fingerprint density at radius 2 is 1.56 bits per heavy atom. The summed E-state index contributed by atoms with van der Waals surface area (Å²) >= 11 is 0. The summed E-state index contributed by atoms with van der Waals surface area (Å²) in [6, 6.07) is 1.13. The zero-order chi connectivity index (χ0) is 12.6. The second kappa shape index (κ2) is 3.76. The van der Waals surface area contributed by atoms with E-state index in [-0.39, 0.29) is 6.07 Å². The first-order valence-corrected chi connectivity index (χ1v) is 3.75. The van der Waals surface area contributed by atoms with Crippen molar-refractivity contribution in [2.45, 2.75) is 12.5 Å². The van der Waals surface area contributed by atoms with Crippen molar-refractivity contribution < 1.29 is 36.2 Å². The summed E-state index contributed by atoms with van der Waals surface area (Å²) in [6.45, 7) is 0. The molecule has 0 aliphatic rings. The number of ether oxygens (including phenoxy) is 1. The van der Waals surface area contributed by atoms with Crippen LogP contribution in [0.2, 0.25) is 0 Å². The molecule has 1 N–H and O–H groups in total. The monoisotopic (exact) mass is 246 g/mol. The van der Waals surface area contributed by atoms with Gasteiger partial charge in [-0.2, -0.15) is 13.2 Å². The van der Waals surface area contributed by atoms with Gasteiger partial charge in [-0.1, -0.05) is 0 Å². The Morgan fingerprint density at radius 3 is 2.00 bits per heavy atom. The summed E-state index contributed by atoms with van der Waals surface area (Å²) < 4.78 is 74.9. The summed E-state index contributed by atoms with van der Waals surface area (Å²) in [5, 5.41) is 8.81. The highest BCUT2D eigenvalue weighted by Crippen LogP contribution is 2.38. The van der Waals surface area contributed by atoms with E-state index in [4.69, 9.17) is 5.11 Å². The summed E-state index contributed by atoms with van der Waals surface area (Å²) in [5.74, 6) is -2.21. The van der Waals surface area contributed by atoms with Crippen LogP contribution in [0.15, 0.2) is 18.2 Å². The number of phenolic OH excluding ortho intramolecular Hbond substituents is 1. The van der Waals surface area contributed by atoms with Gasteiger partial charge in [0.05, 0.1) is 0 Å². The minimum absolute atomic E-state index is 0.0722. The van der Waals surface area contributed by atoms with E-state index in [1.807, 2.05) is 0 Å². The van der Waals surface area contributed by atoms with Crippen molar-refractivity contribution in [3.63, 3.8) is 0 Å². The Labute approximate surface area is 85.1 Å². The Kier molecular flexibility index (Phi) is 2.93. The molecule has 0 heterocycles. The Morgan fingerprint density at radius 1 is 1.00 bits per heavy atom. The van der Waals surface area contributed by atoms with Gasteiger partial charge in [0.2, 0.25) is 0 Å². The first-order valence-electron chi connectivity index (χ1n) is 3.75. The summed E-state index contributed by atoms with van der Waals surface area (Å²) in [6.07, 6.45) is -10.0. The average Bonchev–Trinajstić information content (AvgIpc) is 2.04. The fourth-order valence-electron chi connectivity index (χ4n) is 0.939. The fourth-order valence-corrected chi connectivity index (χ4v) is 0.939. The third kappa shape index (κ3) is 3.21. The van der Waals surface area contributed by atoms with Crippen molar-refractivity contribution in [2.24, 2.45) is 0 Å². The number of aromatic hydroxyl groups is 1. The van der Waals surface area contributed by atoms with Gasteiger partial charge in [0.25, 0.3) is 0 Å².